The first-order valence-corrected chi connectivity index (χ1v) is 5.92. The van der Waals surface area contributed by atoms with Crippen LogP contribution in [-0.4, -0.2) is 44.5 Å². The van der Waals surface area contributed by atoms with Crippen LogP contribution in [0.5, 0.6) is 5.75 Å². The molecule has 4 nitrogen and oxygen atoms in total. The Kier molecular flexibility index (Phi) is 3.54. The molecule has 1 saturated heterocycles. The number of hydrogen-bond donors (Lipinski definition) is 2. The summed E-state index contributed by atoms with van der Waals surface area (Å²) in [6.45, 7) is 1.98. The zero-order valence-corrected chi connectivity index (χ0v) is 10.4. The summed E-state index contributed by atoms with van der Waals surface area (Å²) in [5, 5.41) is 12.7. The van der Waals surface area contributed by atoms with Crippen LogP contribution in [-0.2, 0) is 0 Å². The van der Waals surface area contributed by atoms with Crippen LogP contribution < -0.4 is 15.0 Å². The summed E-state index contributed by atoms with van der Waals surface area (Å²) in [6.07, 6.45) is 0.964. The minimum Gasteiger partial charge on any atom is -0.497 e. The lowest BCUT2D eigenvalue weighted by molar-refractivity contribution is 0.184. The van der Waals surface area contributed by atoms with Crippen LogP contribution in [0.2, 0.25) is 0 Å². The van der Waals surface area contributed by atoms with Gasteiger partial charge in [-0.1, -0.05) is 0 Å². The number of nitrogens with zero attached hydrogens (tertiary/aromatic N) is 1. The SMILES string of the molecule is CNC1(CO)CCN(c2ccc(OC)cc2)C1. The average molecular weight is 236 g/mol. The van der Waals surface area contributed by atoms with Crippen LogP contribution in [0, 0.1) is 0 Å². The predicted octanol–water partition coefficient (Wildman–Crippen LogP) is 0.856. The molecule has 1 aromatic rings. The Labute approximate surface area is 102 Å². The molecule has 1 aliphatic heterocycles. The van der Waals surface area contributed by atoms with Crippen molar-refractivity contribution in [2.45, 2.75) is 12.0 Å². The molecule has 17 heavy (non-hydrogen) atoms. The molecule has 1 heterocycles. The van der Waals surface area contributed by atoms with Gasteiger partial charge in [-0.25, -0.2) is 0 Å². The smallest absolute Gasteiger partial charge is 0.119 e. The standard InChI is InChI=1S/C13H20N2O2/c1-14-13(10-16)7-8-15(9-13)11-3-5-12(17-2)6-4-11/h3-6,14,16H,7-10H2,1-2H3. The van der Waals surface area contributed by atoms with Gasteiger partial charge in [-0.05, 0) is 37.7 Å². The van der Waals surface area contributed by atoms with Gasteiger partial charge in [-0.2, -0.15) is 0 Å². The van der Waals surface area contributed by atoms with E-state index in [0.29, 0.717) is 0 Å². The summed E-state index contributed by atoms with van der Waals surface area (Å²) in [5.74, 6) is 0.870. The van der Waals surface area contributed by atoms with Crippen molar-refractivity contribution >= 4 is 5.69 Å². The van der Waals surface area contributed by atoms with Crippen LogP contribution in [0.4, 0.5) is 5.69 Å². The Hall–Kier alpha value is -1.26. The van der Waals surface area contributed by atoms with Crippen LogP contribution in [0.25, 0.3) is 0 Å². The number of hydrogen-bond acceptors (Lipinski definition) is 4. The number of methoxy groups -OCH3 is 1. The molecule has 0 saturated carbocycles. The lowest BCUT2D eigenvalue weighted by atomic mass is 10.0. The van der Waals surface area contributed by atoms with Crippen molar-refractivity contribution in [1.82, 2.24) is 5.32 Å². The Morgan fingerprint density at radius 3 is 2.59 bits per heavy atom. The summed E-state index contributed by atoms with van der Waals surface area (Å²) >= 11 is 0. The second-order valence-corrected chi connectivity index (χ2v) is 4.56. The molecule has 0 amide bonds. The van der Waals surface area contributed by atoms with Crippen molar-refractivity contribution in [1.29, 1.82) is 0 Å². The lowest BCUT2D eigenvalue weighted by Crippen LogP contribution is -2.48. The van der Waals surface area contributed by atoms with Crippen LogP contribution in [0.15, 0.2) is 24.3 Å². The molecule has 0 bridgehead atoms. The number of anilines is 1. The number of likely N-dealkylation sites (N-methyl/N-ethyl adjacent to an activating group) is 1. The summed E-state index contributed by atoms with van der Waals surface area (Å²) in [4.78, 5) is 2.28. The van der Waals surface area contributed by atoms with Gasteiger partial charge < -0.3 is 20.1 Å². The quantitative estimate of drug-likeness (QED) is 0.813. The van der Waals surface area contributed by atoms with E-state index in [1.165, 1.54) is 5.69 Å². The van der Waals surface area contributed by atoms with E-state index in [1.807, 2.05) is 19.2 Å². The Balaban J connectivity index is 2.09. The van der Waals surface area contributed by atoms with E-state index in [-0.39, 0.29) is 12.1 Å². The highest BCUT2D eigenvalue weighted by Crippen LogP contribution is 2.27. The summed E-state index contributed by atoms with van der Waals surface area (Å²) in [6, 6.07) is 8.05. The molecular formula is C13H20N2O2. The maximum absolute atomic E-state index is 9.45. The molecule has 4 heteroatoms. The third kappa shape index (κ3) is 2.37. The van der Waals surface area contributed by atoms with E-state index in [4.69, 9.17) is 4.74 Å². The fourth-order valence-corrected chi connectivity index (χ4v) is 2.30. The van der Waals surface area contributed by atoms with Crippen LogP contribution in [0.1, 0.15) is 6.42 Å². The number of nitrogens with one attached hydrogen (secondary N) is 1. The summed E-state index contributed by atoms with van der Waals surface area (Å²) in [5.41, 5.74) is 1.02. The molecule has 1 fully saturated rings. The molecule has 2 rings (SSSR count). The monoisotopic (exact) mass is 236 g/mol. The number of benzene rings is 1. The number of rotatable bonds is 4. The second-order valence-electron chi connectivity index (χ2n) is 4.56. The van der Waals surface area contributed by atoms with E-state index in [1.54, 1.807) is 7.11 Å². The number of aliphatic hydroxyl groups excluding tert-OH is 1. The summed E-state index contributed by atoms with van der Waals surface area (Å²) in [7, 11) is 3.58. The molecule has 1 unspecified atom stereocenters. The van der Waals surface area contributed by atoms with Crippen molar-refractivity contribution in [3.05, 3.63) is 24.3 Å². The van der Waals surface area contributed by atoms with Gasteiger partial charge >= 0.3 is 0 Å². The van der Waals surface area contributed by atoms with Crippen LogP contribution >= 0.6 is 0 Å². The van der Waals surface area contributed by atoms with E-state index in [0.717, 1.165) is 25.3 Å². The van der Waals surface area contributed by atoms with Crippen molar-refractivity contribution in [3.63, 3.8) is 0 Å². The third-order valence-electron chi connectivity index (χ3n) is 3.62. The number of ether oxygens (including phenoxy) is 1. The molecule has 94 valence electrons. The first kappa shape index (κ1) is 12.2. The first-order chi connectivity index (χ1) is 8.23. The maximum Gasteiger partial charge on any atom is 0.119 e. The number of aliphatic hydroxyl groups is 1. The van der Waals surface area contributed by atoms with Gasteiger partial charge in [0.1, 0.15) is 5.75 Å². The predicted molar refractivity (Wildman–Crippen MR) is 68.7 cm³/mol. The maximum atomic E-state index is 9.45. The van der Waals surface area contributed by atoms with Crippen molar-refractivity contribution in [2.75, 3.05) is 38.8 Å². The highest BCUT2D eigenvalue weighted by atomic mass is 16.5. The van der Waals surface area contributed by atoms with Gasteiger partial charge in [0.05, 0.1) is 19.3 Å². The molecule has 0 aliphatic carbocycles. The Bertz CT molecular complexity index is 360. The highest BCUT2D eigenvalue weighted by Gasteiger charge is 2.36. The van der Waals surface area contributed by atoms with E-state index in [2.05, 4.69) is 22.3 Å². The van der Waals surface area contributed by atoms with E-state index >= 15 is 0 Å². The van der Waals surface area contributed by atoms with Gasteiger partial charge in [-0.15, -0.1) is 0 Å². The minimum absolute atomic E-state index is 0.153. The zero-order valence-electron chi connectivity index (χ0n) is 10.4. The van der Waals surface area contributed by atoms with E-state index in [9.17, 15) is 5.11 Å². The average Bonchev–Trinajstić information content (AvgIpc) is 2.84. The highest BCUT2D eigenvalue weighted by molar-refractivity contribution is 5.50. The molecule has 0 aromatic heterocycles. The lowest BCUT2D eigenvalue weighted by Gasteiger charge is -2.27. The topological polar surface area (TPSA) is 44.7 Å². The molecule has 0 radical (unpaired) electrons. The molecule has 2 N–H and O–H groups in total. The van der Waals surface area contributed by atoms with Gasteiger partial charge in [0.25, 0.3) is 0 Å². The van der Waals surface area contributed by atoms with Crippen molar-refractivity contribution in [2.24, 2.45) is 0 Å². The molecule has 1 aromatic carbocycles. The van der Waals surface area contributed by atoms with E-state index < -0.39 is 0 Å². The van der Waals surface area contributed by atoms with Gasteiger partial charge in [0.15, 0.2) is 0 Å². The van der Waals surface area contributed by atoms with Crippen molar-refractivity contribution < 1.29 is 9.84 Å². The summed E-state index contributed by atoms with van der Waals surface area (Å²) < 4.78 is 5.14. The molecule has 1 aliphatic rings. The normalized spacial score (nSPS) is 24.1. The van der Waals surface area contributed by atoms with Crippen molar-refractivity contribution in [3.8, 4) is 5.75 Å². The fourth-order valence-electron chi connectivity index (χ4n) is 2.30. The fraction of sp³-hybridized carbons (Fsp3) is 0.538. The second kappa shape index (κ2) is 4.94. The molecular weight excluding hydrogens is 216 g/mol. The largest absolute Gasteiger partial charge is 0.497 e. The Morgan fingerprint density at radius 2 is 2.12 bits per heavy atom. The minimum atomic E-state index is -0.153. The first-order valence-electron chi connectivity index (χ1n) is 5.92. The van der Waals surface area contributed by atoms with Crippen LogP contribution in [0.3, 0.4) is 0 Å². The zero-order chi connectivity index (χ0) is 12.3. The van der Waals surface area contributed by atoms with Gasteiger partial charge in [0.2, 0.25) is 0 Å². The Morgan fingerprint density at radius 1 is 1.41 bits per heavy atom. The third-order valence-corrected chi connectivity index (χ3v) is 3.62. The molecule has 0 spiro atoms. The molecule has 1 atom stereocenters. The van der Waals surface area contributed by atoms with Gasteiger partial charge in [-0.3, -0.25) is 0 Å². The van der Waals surface area contributed by atoms with Gasteiger partial charge in [0, 0.05) is 18.8 Å².